The molecule has 1 heterocycles. The van der Waals surface area contributed by atoms with Gasteiger partial charge >= 0.3 is 0 Å². The summed E-state index contributed by atoms with van der Waals surface area (Å²) in [4.78, 5) is 12.3. The highest BCUT2D eigenvalue weighted by Gasteiger charge is 2.21. The molecule has 0 spiro atoms. The smallest absolute Gasteiger partial charge is 0.238 e. The van der Waals surface area contributed by atoms with E-state index in [1.54, 1.807) is 24.3 Å². The summed E-state index contributed by atoms with van der Waals surface area (Å²) < 4.78 is 10.5. The first-order chi connectivity index (χ1) is 10.9. The first-order valence-corrected chi connectivity index (χ1v) is 6.52. The topological polar surface area (TPSA) is 120 Å². The van der Waals surface area contributed by atoms with Crippen molar-refractivity contribution in [2.75, 3.05) is 7.11 Å². The number of fused-ring (bicyclic) bond motifs is 1. The molecule has 4 N–H and O–H groups in total. The van der Waals surface area contributed by atoms with Gasteiger partial charge < -0.3 is 29.6 Å². The van der Waals surface area contributed by atoms with Crippen molar-refractivity contribution in [1.29, 1.82) is 0 Å². The Bertz CT molecular complexity index is 972. The average Bonchev–Trinajstić information content (AvgIpc) is 2.55. The Morgan fingerprint density at radius 2 is 1.74 bits per heavy atom. The first kappa shape index (κ1) is 14.6. The Kier molecular flexibility index (Phi) is 3.25. The lowest BCUT2D eigenvalue weighted by molar-refractivity contribution is 0.369. The zero-order valence-corrected chi connectivity index (χ0v) is 11.9. The molecule has 3 aromatic rings. The van der Waals surface area contributed by atoms with Crippen LogP contribution >= 0.6 is 0 Å². The van der Waals surface area contributed by atoms with Crippen LogP contribution in [0.25, 0.3) is 22.3 Å². The summed E-state index contributed by atoms with van der Waals surface area (Å²) in [6, 6.07) is 7.43. The molecular weight excluding hydrogens is 304 g/mol. The Labute approximate surface area is 129 Å². The van der Waals surface area contributed by atoms with E-state index in [0.717, 1.165) is 6.07 Å². The molecule has 0 aliphatic rings. The van der Waals surface area contributed by atoms with Gasteiger partial charge in [-0.3, -0.25) is 4.79 Å². The molecule has 118 valence electrons. The molecule has 0 amide bonds. The minimum Gasteiger partial charge on any atom is -0.504 e. The second-order valence-corrected chi connectivity index (χ2v) is 4.81. The minimum absolute atomic E-state index is 0.147. The molecule has 7 nitrogen and oxygen atoms in total. The largest absolute Gasteiger partial charge is 0.504 e. The van der Waals surface area contributed by atoms with Crippen molar-refractivity contribution in [3.63, 3.8) is 0 Å². The third-order valence-corrected chi connectivity index (χ3v) is 3.42. The highest BCUT2D eigenvalue weighted by molar-refractivity contribution is 5.91. The molecule has 0 aliphatic heterocycles. The number of phenolic OH excluding ortho intramolecular Hbond substituents is 3. The SMILES string of the molecule is COc1cccc(-c2oc3cc(O)c(O)c(O)c3c(=O)c2O)c1. The molecule has 3 rings (SSSR count). The number of benzene rings is 2. The summed E-state index contributed by atoms with van der Waals surface area (Å²) in [6.45, 7) is 0. The van der Waals surface area contributed by atoms with Crippen LogP contribution in [0.15, 0.2) is 39.5 Å². The van der Waals surface area contributed by atoms with Crippen molar-refractivity contribution in [2.45, 2.75) is 0 Å². The maximum atomic E-state index is 12.3. The van der Waals surface area contributed by atoms with E-state index >= 15 is 0 Å². The van der Waals surface area contributed by atoms with Crippen LogP contribution in [0.1, 0.15) is 0 Å². The summed E-state index contributed by atoms with van der Waals surface area (Å²) in [6.07, 6.45) is 0. The molecule has 0 unspecified atom stereocenters. The van der Waals surface area contributed by atoms with Gasteiger partial charge in [-0.05, 0) is 12.1 Å². The van der Waals surface area contributed by atoms with Gasteiger partial charge in [-0.25, -0.2) is 0 Å². The standard InChI is InChI=1S/C16H12O7/c1-22-8-4-2-3-7(5-8)16-15(21)14(20)11-10(23-16)6-9(17)12(18)13(11)19/h2-6,17-19,21H,1H3. The van der Waals surface area contributed by atoms with Crippen LogP contribution in [0.2, 0.25) is 0 Å². The van der Waals surface area contributed by atoms with Crippen molar-refractivity contribution in [2.24, 2.45) is 0 Å². The van der Waals surface area contributed by atoms with Crippen LogP contribution in [0, 0.1) is 0 Å². The van der Waals surface area contributed by atoms with Crippen molar-refractivity contribution < 1.29 is 29.6 Å². The van der Waals surface area contributed by atoms with Crippen LogP contribution in [-0.4, -0.2) is 27.5 Å². The highest BCUT2D eigenvalue weighted by atomic mass is 16.5. The second-order valence-electron chi connectivity index (χ2n) is 4.81. The second kappa shape index (κ2) is 5.13. The van der Waals surface area contributed by atoms with E-state index in [0.29, 0.717) is 11.3 Å². The molecule has 0 atom stereocenters. The van der Waals surface area contributed by atoms with Crippen LogP contribution in [0.3, 0.4) is 0 Å². The monoisotopic (exact) mass is 316 g/mol. The van der Waals surface area contributed by atoms with Crippen LogP contribution < -0.4 is 10.2 Å². The third-order valence-electron chi connectivity index (χ3n) is 3.42. The van der Waals surface area contributed by atoms with Crippen molar-refractivity contribution in [1.82, 2.24) is 0 Å². The molecule has 0 aliphatic carbocycles. The zero-order valence-electron chi connectivity index (χ0n) is 11.9. The third kappa shape index (κ3) is 2.18. The quantitative estimate of drug-likeness (QED) is 0.535. The van der Waals surface area contributed by atoms with E-state index in [2.05, 4.69) is 0 Å². The highest BCUT2D eigenvalue weighted by Crippen LogP contribution is 2.42. The van der Waals surface area contributed by atoms with E-state index < -0.39 is 33.8 Å². The summed E-state index contributed by atoms with van der Waals surface area (Å²) in [7, 11) is 1.47. The lowest BCUT2D eigenvalue weighted by Crippen LogP contribution is -2.03. The van der Waals surface area contributed by atoms with Crippen molar-refractivity contribution in [3.8, 4) is 40.1 Å². The fourth-order valence-corrected chi connectivity index (χ4v) is 2.26. The fourth-order valence-electron chi connectivity index (χ4n) is 2.26. The zero-order chi connectivity index (χ0) is 16.7. The number of rotatable bonds is 2. The lowest BCUT2D eigenvalue weighted by Gasteiger charge is -2.09. The Morgan fingerprint density at radius 1 is 1.00 bits per heavy atom. The van der Waals surface area contributed by atoms with Gasteiger partial charge in [-0.15, -0.1) is 0 Å². The molecule has 0 saturated heterocycles. The number of phenols is 3. The molecule has 0 bridgehead atoms. The number of hydrogen-bond donors (Lipinski definition) is 4. The molecule has 1 aromatic heterocycles. The molecular formula is C16H12O7. The maximum absolute atomic E-state index is 12.3. The van der Waals surface area contributed by atoms with Gasteiger partial charge in [0.25, 0.3) is 0 Å². The number of methoxy groups -OCH3 is 1. The maximum Gasteiger partial charge on any atom is 0.238 e. The minimum atomic E-state index is -0.933. The van der Waals surface area contributed by atoms with Gasteiger partial charge in [0.05, 0.1) is 7.11 Å². The fraction of sp³-hybridized carbons (Fsp3) is 0.0625. The van der Waals surface area contributed by atoms with Gasteiger partial charge in [0.15, 0.2) is 17.3 Å². The van der Waals surface area contributed by atoms with Gasteiger partial charge in [0, 0.05) is 11.6 Å². The molecule has 2 aromatic carbocycles. The van der Waals surface area contributed by atoms with Gasteiger partial charge in [-0.2, -0.15) is 0 Å². The summed E-state index contributed by atoms with van der Waals surface area (Å²) >= 11 is 0. The van der Waals surface area contributed by atoms with Crippen molar-refractivity contribution >= 4 is 11.0 Å². The summed E-state index contributed by atoms with van der Waals surface area (Å²) in [5.41, 5.74) is -0.747. The number of ether oxygens (including phenoxy) is 1. The molecule has 0 saturated carbocycles. The van der Waals surface area contributed by atoms with E-state index in [1.165, 1.54) is 7.11 Å². The van der Waals surface area contributed by atoms with Crippen LogP contribution in [-0.2, 0) is 0 Å². The van der Waals surface area contributed by atoms with E-state index in [1.807, 2.05) is 0 Å². The Morgan fingerprint density at radius 3 is 2.43 bits per heavy atom. The molecule has 23 heavy (non-hydrogen) atoms. The number of hydrogen-bond acceptors (Lipinski definition) is 7. The van der Waals surface area contributed by atoms with Crippen molar-refractivity contribution in [3.05, 3.63) is 40.6 Å². The van der Waals surface area contributed by atoms with Crippen LogP contribution in [0.4, 0.5) is 0 Å². The van der Waals surface area contributed by atoms with Gasteiger partial charge in [0.2, 0.25) is 16.9 Å². The van der Waals surface area contributed by atoms with Gasteiger partial charge in [-0.1, -0.05) is 12.1 Å². The van der Waals surface area contributed by atoms with Crippen LogP contribution in [0.5, 0.6) is 28.7 Å². The summed E-state index contributed by atoms with van der Waals surface area (Å²) in [5, 5.41) is 38.5. The Balaban J connectivity index is 2.38. The average molecular weight is 316 g/mol. The number of aromatic hydroxyl groups is 4. The molecule has 7 heteroatoms. The normalized spacial score (nSPS) is 10.8. The van der Waals surface area contributed by atoms with E-state index in [9.17, 15) is 25.2 Å². The van der Waals surface area contributed by atoms with E-state index in [-0.39, 0.29) is 11.3 Å². The predicted molar refractivity (Wildman–Crippen MR) is 81.1 cm³/mol. The lowest BCUT2D eigenvalue weighted by atomic mass is 10.1. The summed E-state index contributed by atoms with van der Waals surface area (Å²) in [5.74, 6) is -2.77. The molecule has 0 fully saturated rings. The van der Waals surface area contributed by atoms with E-state index in [4.69, 9.17) is 9.15 Å². The first-order valence-electron chi connectivity index (χ1n) is 6.52. The Hall–Kier alpha value is -3.35. The molecule has 0 radical (unpaired) electrons. The predicted octanol–water partition coefficient (Wildman–Crippen LogP) is 2.29. The van der Waals surface area contributed by atoms with Gasteiger partial charge in [0.1, 0.15) is 16.7 Å².